The molecule has 1 heterocycles. The van der Waals surface area contributed by atoms with Crippen LogP contribution in [0.4, 0.5) is 17.1 Å². The Morgan fingerprint density at radius 1 is 0.970 bits per heavy atom. The summed E-state index contributed by atoms with van der Waals surface area (Å²) >= 11 is 0. The second-order valence-electron chi connectivity index (χ2n) is 8.13. The molecular weight excluding hydrogens is 414 g/mol. The Bertz CT molecular complexity index is 1280. The van der Waals surface area contributed by atoms with Gasteiger partial charge >= 0.3 is 0 Å². The Balaban J connectivity index is 1.62. The Labute approximate surface area is 192 Å². The molecule has 1 aromatic heterocycles. The van der Waals surface area contributed by atoms with Gasteiger partial charge in [0.15, 0.2) is 0 Å². The largest absolute Gasteiger partial charge is 0.494 e. The molecule has 2 aromatic carbocycles. The molecule has 3 aromatic rings. The van der Waals surface area contributed by atoms with Crippen molar-refractivity contribution in [1.29, 1.82) is 5.26 Å². The van der Waals surface area contributed by atoms with Gasteiger partial charge in [0.25, 0.3) is 5.56 Å². The quantitative estimate of drug-likeness (QED) is 0.367. The highest BCUT2D eigenvalue weighted by Gasteiger charge is 2.24. The fourth-order valence-corrected chi connectivity index (χ4v) is 4.13. The molecule has 4 rings (SSSR count). The normalized spacial score (nSPS) is 14.7. The maximum absolute atomic E-state index is 12.9. The molecule has 1 fully saturated rings. The van der Waals surface area contributed by atoms with Crippen LogP contribution in [0.3, 0.4) is 0 Å². The number of aliphatic imine (C=N–C) groups is 1. The second-order valence-corrected chi connectivity index (χ2v) is 8.13. The van der Waals surface area contributed by atoms with E-state index in [0.29, 0.717) is 22.5 Å². The van der Waals surface area contributed by atoms with Crippen molar-refractivity contribution in [2.45, 2.75) is 45.1 Å². The SMILES string of the molecule is Cc1c(C=Nc2ccc(N=Nc3ccccc3)cc2)c(O)n(C2CCCCC2)c(=O)c1C#N. The Morgan fingerprint density at radius 3 is 2.21 bits per heavy atom. The van der Waals surface area contributed by atoms with Crippen LogP contribution in [0.2, 0.25) is 0 Å². The first-order valence-electron chi connectivity index (χ1n) is 11.1. The van der Waals surface area contributed by atoms with Crippen LogP contribution < -0.4 is 5.56 Å². The van der Waals surface area contributed by atoms with Gasteiger partial charge < -0.3 is 5.11 Å². The molecule has 33 heavy (non-hydrogen) atoms. The average Bonchev–Trinajstić information content (AvgIpc) is 2.85. The van der Waals surface area contributed by atoms with E-state index in [-0.39, 0.29) is 17.5 Å². The van der Waals surface area contributed by atoms with Crippen molar-refractivity contribution in [1.82, 2.24) is 4.57 Å². The van der Waals surface area contributed by atoms with Gasteiger partial charge in [-0.1, -0.05) is 37.5 Å². The number of rotatable bonds is 5. The van der Waals surface area contributed by atoms with Gasteiger partial charge in [0, 0.05) is 12.3 Å². The van der Waals surface area contributed by atoms with Crippen molar-refractivity contribution in [3.63, 3.8) is 0 Å². The fraction of sp³-hybridized carbons (Fsp3) is 0.269. The number of hydrogen-bond donors (Lipinski definition) is 1. The molecular formula is C26H25N5O2. The van der Waals surface area contributed by atoms with Crippen LogP contribution >= 0.6 is 0 Å². The van der Waals surface area contributed by atoms with Gasteiger partial charge in [0.1, 0.15) is 11.6 Å². The highest BCUT2D eigenvalue weighted by Crippen LogP contribution is 2.32. The maximum atomic E-state index is 12.9. The van der Waals surface area contributed by atoms with Crippen molar-refractivity contribution in [3.8, 4) is 11.9 Å². The summed E-state index contributed by atoms with van der Waals surface area (Å²) in [6.45, 7) is 1.67. The zero-order valence-electron chi connectivity index (χ0n) is 18.5. The van der Waals surface area contributed by atoms with Crippen LogP contribution in [-0.2, 0) is 0 Å². The van der Waals surface area contributed by atoms with Gasteiger partial charge in [-0.2, -0.15) is 15.5 Å². The topological polar surface area (TPSA) is 103 Å². The van der Waals surface area contributed by atoms with Crippen molar-refractivity contribution in [2.24, 2.45) is 15.2 Å². The summed E-state index contributed by atoms with van der Waals surface area (Å²) in [7, 11) is 0. The molecule has 7 nitrogen and oxygen atoms in total. The van der Waals surface area contributed by atoms with Gasteiger partial charge in [0.05, 0.1) is 22.6 Å². The van der Waals surface area contributed by atoms with Crippen molar-refractivity contribution in [2.75, 3.05) is 0 Å². The van der Waals surface area contributed by atoms with Crippen LogP contribution in [0.1, 0.15) is 54.8 Å². The second kappa shape index (κ2) is 10.0. The molecule has 1 N–H and O–H groups in total. The summed E-state index contributed by atoms with van der Waals surface area (Å²) < 4.78 is 1.39. The molecule has 0 amide bonds. The summed E-state index contributed by atoms with van der Waals surface area (Å²) in [6.07, 6.45) is 6.28. The number of nitriles is 1. The lowest BCUT2D eigenvalue weighted by atomic mass is 9.94. The lowest BCUT2D eigenvalue weighted by Gasteiger charge is -2.26. The third-order valence-electron chi connectivity index (χ3n) is 5.96. The Hall–Kier alpha value is -4.05. The fourth-order valence-electron chi connectivity index (χ4n) is 4.13. The monoisotopic (exact) mass is 439 g/mol. The lowest BCUT2D eigenvalue weighted by molar-refractivity contribution is 0.303. The van der Waals surface area contributed by atoms with Gasteiger partial charge in [-0.3, -0.25) is 14.4 Å². The van der Waals surface area contributed by atoms with Crippen LogP contribution in [0.15, 0.2) is 74.6 Å². The number of aromatic hydroxyl groups is 1. The minimum Gasteiger partial charge on any atom is -0.494 e. The van der Waals surface area contributed by atoms with Crippen LogP contribution in [0.5, 0.6) is 5.88 Å². The number of pyridine rings is 1. The molecule has 0 bridgehead atoms. The number of azo groups is 1. The summed E-state index contributed by atoms with van der Waals surface area (Å²) in [6, 6.07) is 18.6. The van der Waals surface area contributed by atoms with E-state index in [9.17, 15) is 15.2 Å². The highest BCUT2D eigenvalue weighted by atomic mass is 16.3. The predicted molar refractivity (Wildman–Crippen MR) is 128 cm³/mol. The van der Waals surface area contributed by atoms with E-state index in [1.54, 1.807) is 31.2 Å². The van der Waals surface area contributed by atoms with E-state index in [4.69, 9.17) is 0 Å². The van der Waals surface area contributed by atoms with E-state index >= 15 is 0 Å². The molecule has 0 atom stereocenters. The number of hydrogen-bond acceptors (Lipinski definition) is 6. The van der Waals surface area contributed by atoms with Gasteiger partial charge in [-0.15, -0.1) is 0 Å². The van der Waals surface area contributed by atoms with Crippen molar-refractivity contribution < 1.29 is 5.11 Å². The zero-order valence-corrected chi connectivity index (χ0v) is 18.5. The molecule has 0 aliphatic heterocycles. The number of aromatic nitrogens is 1. The first-order chi connectivity index (χ1) is 16.1. The third-order valence-corrected chi connectivity index (χ3v) is 5.96. The first-order valence-corrected chi connectivity index (χ1v) is 11.1. The van der Waals surface area contributed by atoms with Crippen LogP contribution in [0.25, 0.3) is 0 Å². The first kappa shape index (κ1) is 22.2. The van der Waals surface area contributed by atoms with Crippen LogP contribution in [0, 0.1) is 18.3 Å². The van der Waals surface area contributed by atoms with E-state index < -0.39 is 5.56 Å². The standard InChI is InChI=1S/C26H25N5O2/c1-18-23(16-27)25(32)31(22-10-6-3-7-11-22)26(33)24(18)17-28-19-12-14-21(15-13-19)30-29-20-8-4-2-5-9-20/h2,4-5,8-9,12-15,17,22,33H,3,6-7,10-11H2,1H3. The molecule has 1 aliphatic rings. The molecule has 166 valence electrons. The van der Waals surface area contributed by atoms with E-state index in [1.807, 2.05) is 36.4 Å². The summed E-state index contributed by atoms with van der Waals surface area (Å²) in [5.74, 6) is -0.125. The molecule has 7 heteroatoms. The van der Waals surface area contributed by atoms with E-state index in [1.165, 1.54) is 10.8 Å². The highest BCUT2D eigenvalue weighted by molar-refractivity contribution is 5.87. The zero-order chi connectivity index (χ0) is 23.2. The third kappa shape index (κ3) is 4.90. The van der Waals surface area contributed by atoms with Gasteiger partial charge in [0.2, 0.25) is 5.88 Å². The van der Waals surface area contributed by atoms with Crippen molar-refractivity contribution >= 4 is 23.3 Å². The molecule has 0 saturated heterocycles. The molecule has 1 saturated carbocycles. The van der Waals surface area contributed by atoms with Gasteiger partial charge in [-0.05, 0) is 61.7 Å². The number of nitrogens with zero attached hydrogens (tertiary/aromatic N) is 5. The van der Waals surface area contributed by atoms with Gasteiger partial charge in [-0.25, -0.2) is 0 Å². The molecule has 1 aliphatic carbocycles. The summed E-state index contributed by atoms with van der Waals surface area (Å²) in [5, 5.41) is 28.9. The minimum absolute atomic E-state index is 0.0523. The Kier molecular flexibility index (Phi) is 6.75. The number of benzene rings is 2. The smallest absolute Gasteiger partial charge is 0.271 e. The summed E-state index contributed by atoms with van der Waals surface area (Å²) in [4.78, 5) is 17.4. The maximum Gasteiger partial charge on any atom is 0.271 e. The van der Waals surface area contributed by atoms with Crippen LogP contribution in [-0.4, -0.2) is 15.9 Å². The van der Waals surface area contributed by atoms with E-state index in [2.05, 4.69) is 15.2 Å². The molecule has 0 spiro atoms. The average molecular weight is 440 g/mol. The molecule has 0 radical (unpaired) electrons. The van der Waals surface area contributed by atoms with E-state index in [0.717, 1.165) is 37.8 Å². The van der Waals surface area contributed by atoms with Crippen molar-refractivity contribution in [3.05, 3.63) is 81.6 Å². The molecule has 0 unspecified atom stereocenters. The summed E-state index contributed by atoms with van der Waals surface area (Å²) in [5.41, 5.74) is 2.57. The minimum atomic E-state index is -0.426. The lowest BCUT2D eigenvalue weighted by Crippen LogP contribution is -2.30. The predicted octanol–water partition coefficient (Wildman–Crippen LogP) is 6.41. The Morgan fingerprint density at radius 2 is 1.58 bits per heavy atom.